The minimum atomic E-state index is -0.227. The lowest BCUT2D eigenvalue weighted by Crippen LogP contribution is -2.46. The lowest BCUT2D eigenvalue weighted by atomic mass is 10.1. The second-order valence-electron chi connectivity index (χ2n) is 4.71. The molecule has 1 aliphatic heterocycles. The Morgan fingerprint density at radius 3 is 2.90 bits per heavy atom. The first-order valence-corrected chi connectivity index (χ1v) is 6.63. The second-order valence-corrected chi connectivity index (χ2v) is 4.71. The van der Waals surface area contributed by atoms with Crippen molar-refractivity contribution in [3.05, 3.63) is 18.1 Å². The van der Waals surface area contributed by atoms with E-state index in [1.54, 1.807) is 12.0 Å². The molecule has 2 heterocycles. The zero-order valence-electron chi connectivity index (χ0n) is 11.8. The minimum Gasteiger partial charge on any atom is -0.383 e. The molecule has 1 fully saturated rings. The number of hydrogen-bond donors (Lipinski definition) is 1. The van der Waals surface area contributed by atoms with E-state index in [1.807, 2.05) is 6.92 Å². The molecular weight excluding hydrogens is 260 g/mol. The third-order valence-electron chi connectivity index (χ3n) is 3.46. The SMILES string of the molecule is COCCN(C(=O)c1nccnc1N)C1CCOC1C. The number of carbonyl (C=O) groups is 1. The molecule has 1 saturated heterocycles. The monoisotopic (exact) mass is 280 g/mol. The Morgan fingerprint density at radius 2 is 2.30 bits per heavy atom. The lowest BCUT2D eigenvalue weighted by Gasteiger charge is -2.30. The van der Waals surface area contributed by atoms with Gasteiger partial charge in [0, 0.05) is 32.7 Å². The Kier molecular flexibility index (Phi) is 4.86. The molecule has 1 aromatic heterocycles. The standard InChI is InChI=1S/C13H20N4O3/c1-9-10(3-7-20-9)17(6-8-19-2)13(18)11-12(14)16-5-4-15-11/h4-5,9-10H,3,6-8H2,1-2H3,(H2,14,16). The van der Waals surface area contributed by atoms with E-state index in [4.69, 9.17) is 15.2 Å². The van der Waals surface area contributed by atoms with Crippen molar-refractivity contribution in [1.29, 1.82) is 0 Å². The van der Waals surface area contributed by atoms with E-state index in [-0.39, 0.29) is 29.6 Å². The fraction of sp³-hybridized carbons (Fsp3) is 0.615. The van der Waals surface area contributed by atoms with Crippen LogP contribution in [0, 0.1) is 0 Å². The van der Waals surface area contributed by atoms with Crippen LogP contribution in [-0.2, 0) is 9.47 Å². The van der Waals surface area contributed by atoms with Crippen LogP contribution in [0.25, 0.3) is 0 Å². The fourth-order valence-corrected chi connectivity index (χ4v) is 2.39. The highest BCUT2D eigenvalue weighted by molar-refractivity contribution is 5.96. The number of nitrogen functional groups attached to an aromatic ring is 1. The van der Waals surface area contributed by atoms with Gasteiger partial charge in [-0.1, -0.05) is 0 Å². The summed E-state index contributed by atoms with van der Waals surface area (Å²) >= 11 is 0. The van der Waals surface area contributed by atoms with Gasteiger partial charge in [0.25, 0.3) is 5.91 Å². The number of ether oxygens (including phenoxy) is 2. The van der Waals surface area contributed by atoms with Gasteiger partial charge in [-0.25, -0.2) is 9.97 Å². The number of methoxy groups -OCH3 is 1. The maximum atomic E-state index is 12.6. The minimum absolute atomic E-state index is 0.00583. The van der Waals surface area contributed by atoms with Crippen LogP contribution in [-0.4, -0.2) is 59.8 Å². The number of nitrogens with zero attached hydrogens (tertiary/aromatic N) is 3. The molecule has 2 unspecified atom stereocenters. The van der Waals surface area contributed by atoms with Gasteiger partial charge in [-0.3, -0.25) is 4.79 Å². The number of carbonyl (C=O) groups excluding carboxylic acids is 1. The molecule has 0 spiro atoms. The Balaban J connectivity index is 2.22. The molecule has 2 atom stereocenters. The molecule has 2 rings (SSSR count). The first-order valence-electron chi connectivity index (χ1n) is 6.63. The van der Waals surface area contributed by atoms with Crippen molar-refractivity contribution in [2.75, 3.05) is 32.6 Å². The van der Waals surface area contributed by atoms with E-state index in [1.165, 1.54) is 12.4 Å². The van der Waals surface area contributed by atoms with Crippen LogP contribution in [0.2, 0.25) is 0 Å². The van der Waals surface area contributed by atoms with Crippen molar-refractivity contribution in [3.8, 4) is 0 Å². The van der Waals surface area contributed by atoms with Crippen LogP contribution in [0.1, 0.15) is 23.8 Å². The summed E-state index contributed by atoms with van der Waals surface area (Å²) in [5.74, 6) is -0.0820. The molecule has 110 valence electrons. The Hall–Kier alpha value is -1.73. The normalized spacial score (nSPS) is 21.9. The number of amides is 1. The summed E-state index contributed by atoms with van der Waals surface area (Å²) in [4.78, 5) is 22.3. The predicted molar refractivity (Wildman–Crippen MR) is 73.2 cm³/mol. The first-order chi connectivity index (χ1) is 9.65. The Labute approximate surface area is 118 Å². The molecule has 7 heteroatoms. The summed E-state index contributed by atoms with van der Waals surface area (Å²) in [5, 5.41) is 0. The molecule has 0 bridgehead atoms. The smallest absolute Gasteiger partial charge is 0.276 e. The summed E-state index contributed by atoms with van der Waals surface area (Å²) in [5.41, 5.74) is 5.92. The summed E-state index contributed by atoms with van der Waals surface area (Å²) in [6, 6.07) is 0.0130. The summed E-state index contributed by atoms with van der Waals surface area (Å²) in [6.45, 7) is 3.54. The zero-order valence-corrected chi connectivity index (χ0v) is 11.8. The van der Waals surface area contributed by atoms with Gasteiger partial charge in [-0.15, -0.1) is 0 Å². The molecule has 0 saturated carbocycles. The number of rotatable bonds is 5. The predicted octanol–water partition coefficient (Wildman–Crippen LogP) is 0.325. The second kappa shape index (κ2) is 6.62. The van der Waals surface area contributed by atoms with Gasteiger partial charge in [0.1, 0.15) is 0 Å². The summed E-state index contributed by atoms with van der Waals surface area (Å²) < 4.78 is 10.6. The van der Waals surface area contributed by atoms with E-state index in [0.717, 1.165) is 6.42 Å². The van der Waals surface area contributed by atoms with Gasteiger partial charge >= 0.3 is 0 Å². The van der Waals surface area contributed by atoms with Crippen molar-refractivity contribution >= 4 is 11.7 Å². The molecule has 20 heavy (non-hydrogen) atoms. The maximum absolute atomic E-state index is 12.6. The number of aromatic nitrogens is 2. The molecule has 0 aromatic carbocycles. The highest BCUT2D eigenvalue weighted by Gasteiger charge is 2.34. The average molecular weight is 280 g/mol. The van der Waals surface area contributed by atoms with Gasteiger partial charge in [0.2, 0.25) is 0 Å². The number of hydrogen-bond acceptors (Lipinski definition) is 6. The number of nitrogens with two attached hydrogens (primary N) is 1. The summed E-state index contributed by atoms with van der Waals surface area (Å²) in [6.07, 6.45) is 3.73. The molecule has 2 N–H and O–H groups in total. The van der Waals surface area contributed by atoms with E-state index in [0.29, 0.717) is 19.8 Å². The van der Waals surface area contributed by atoms with Crippen LogP contribution >= 0.6 is 0 Å². The molecule has 1 aliphatic rings. The number of anilines is 1. The highest BCUT2D eigenvalue weighted by Crippen LogP contribution is 2.22. The quantitative estimate of drug-likeness (QED) is 0.835. The first kappa shape index (κ1) is 14.7. The van der Waals surface area contributed by atoms with E-state index in [9.17, 15) is 4.79 Å². The van der Waals surface area contributed by atoms with Gasteiger partial charge in [0.05, 0.1) is 18.8 Å². The maximum Gasteiger partial charge on any atom is 0.276 e. The third-order valence-corrected chi connectivity index (χ3v) is 3.46. The van der Waals surface area contributed by atoms with Crippen molar-refractivity contribution in [3.63, 3.8) is 0 Å². The van der Waals surface area contributed by atoms with Crippen LogP contribution in [0.4, 0.5) is 5.82 Å². The third kappa shape index (κ3) is 3.05. The van der Waals surface area contributed by atoms with Crippen molar-refractivity contribution in [2.24, 2.45) is 0 Å². The zero-order chi connectivity index (χ0) is 14.5. The Bertz CT molecular complexity index is 469. The Morgan fingerprint density at radius 1 is 1.55 bits per heavy atom. The molecular formula is C13H20N4O3. The molecule has 0 radical (unpaired) electrons. The lowest BCUT2D eigenvalue weighted by molar-refractivity contribution is 0.0421. The van der Waals surface area contributed by atoms with E-state index in [2.05, 4.69) is 9.97 Å². The molecule has 7 nitrogen and oxygen atoms in total. The van der Waals surface area contributed by atoms with Crippen molar-refractivity contribution < 1.29 is 14.3 Å². The van der Waals surface area contributed by atoms with Crippen LogP contribution in [0.3, 0.4) is 0 Å². The fourth-order valence-electron chi connectivity index (χ4n) is 2.39. The van der Waals surface area contributed by atoms with Gasteiger partial charge in [-0.2, -0.15) is 0 Å². The van der Waals surface area contributed by atoms with E-state index >= 15 is 0 Å². The largest absolute Gasteiger partial charge is 0.383 e. The molecule has 1 amide bonds. The van der Waals surface area contributed by atoms with Crippen molar-refractivity contribution in [2.45, 2.75) is 25.5 Å². The van der Waals surface area contributed by atoms with Crippen LogP contribution < -0.4 is 5.73 Å². The van der Waals surface area contributed by atoms with Gasteiger partial charge in [-0.05, 0) is 13.3 Å². The highest BCUT2D eigenvalue weighted by atomic mass is 16.5. The molecule has 1 aromatic rings. The topological polar surface area (TPSA) is 90.6 Å². The molecule has 0 aliphatic carbocycles. The van der Waals surface area contributed by atoms with Crippen LogP contribution in [0.5, 0.6) is 0 Å². The average Bonchev–Trinajstić information content (AvgIpc) is 2.86. The summed E-state index contributed by atoms with van der Waals surface area (Å²) in [7, 11) is 1.61. The van der Waals surface area contributed by atoms with Gasteiger partial charge in [0.15, 0.2) is 11.5 Å². The van der Waals surface area contributed by atoms with Crippen LogP contribution in [0.15, 0.2) is 12.4 Å². The van der Waals surface area contributed by atoms with Gasteiger partial charge < -0.3 is 20.1 Å². The van der Waals surface area contributed by atoms with Crippen molar-refractivity contribution in [1.82, 2.24) is 14.9 Å². The van der Waals surface area contributed by atoms with E-state index < -0.39 is 0 Å².